The van der Waals surface area contributed by atoms with Gasteiger partial charge in [-0.05, 0) is 18.2 Å². The van der Waals surface area contributed by atoms with Crippen LogP contribution in [0, 0.1) is 5.82 Å². The van der Waals surface area contributed by atoms with Crippen LogP contribution in [0.3, 0.4) is 0 Å². The maximum Gasteiger partial charge on any atom is 0.340 e. The Morgan fingerprint density at radius 2 is 2.28 bits per heavy atom. The number of rotatable bonds is 3. The smallest absolute Gasteiger partial charge is 0.340 e. The molecule has 0 saturated carbocycles. The highest BCUT2D eigenvalue weighted by atomic mass is 32.1. The van der Waals surface area contributed by atoms with Crippen molar-refractivity contribution in [3.05, 3.63) is 35.8 Å². The molecule has 5 nitrogen and oxygen atoms in total. The van der Waals surface area contributed by atoms with E-state index in [1.165, 1.54) is 25.4 Å². The van der Waals surface area contributed by atoms with Crippen LogP contribution < -0.4 is 10.5 Å². The number of anilines is 1. The van der Waals surface area contributed by atoms with E-state index in [-0.39, 0.29) is 5.56 Å². The molecule has 1 heterocycles. The topological polar surface area (TPSA) is 74.4 Å². The number of benzene rings is 1. The monoisotopic (exact) mass is 268 g/mol. The third-order valence-corrected chi connectivity index (χ3v) is 2.77. The van der Waals surface area contributed by atoms with Crippen molar-refractivity contribution in [1.29, 1.82) is 0 Å². The average molecular weight is 268 g/mol. The second-order valence-corrected chi connectivity index (χ2v) is 4.28. The Morgan fingerprint density at radius 3 is 2.89 bits per heavy atom. The van der Waals surface area contributed by atoms with E-state index in [1.807, 2.05) is 0 Å². The Labute approximate surface area is 106 Å². The number of carbonyl (C=O) groups is 1. The first kappa shape index (κ1) is 12.3. The van der Waals surface area contributed by atoms with Gasteiger partial charge < -0.3 is 15.2 Å². The maximum atomic E-state index is 13.4. The summed E-state index contributed by atoms with van der Waals surface area (Å²) in [5.74, 6) is -1.12. The zero-order chi connectivity index (χ0) is 13.1. The summed E-state index contributed by atoms with van der Waals surface area (Å²) in [6.45, 7) is 0. The van der Waals surface area contributed by atoms with Crippen molar-refractivity contribution in [3.8, 4) is 10.8 Å². The number of thiazole rings is 1. The molecule has 0 amide bonds. The predicted octanol–water partition coefficient (Wildman–Crippen LogP) is 2.44. The minimum Gasteiger partial charge on any atom is -0.465 e. The molecule has 18 heavy (non-hydrogen) atoms. The van der Waals surface area contributed by atoms with Gasteiger partial charge in [0.25, 0.3) is 0 Å². The van der Waals surface area contributed by atoms with Gasteiger partial charge in [-0.2, -0.15) is 0 Å². The molecule has 1 aromatic carbocycles. The minimum atomic E-state index is -0.762. The molecule has 7 heteroatoms. The Hall–Kier alpha value is -2.15. The van der Waals surface area contributed by atoms with Crippen molar-refractivity contribution < 1.29 is 18.7 Å². The van der Waals surface area contributed by atoms with Gasteiger partial charge in [0.15, 0.2) is 5.13 Å². The number of hydrogen-bond donors (Lipinski definition) is 1. The van der Waals surface area contributed by atoms with E-state index in [0.717, 1.165) is 17.4 Å². The van der Waals surface area contributed by atoms with Crippen molar-refractivity contribution in [2.45, 2.75) is 0 Å². The van der Waals surface area contributed by atoms with E-state index in [0.29, 0.717) is 15.9 Å². The van der Waals surface area contributed by atoms with Crippen LogP contribution in [0.25, 0.3) is 0 Å². The third-order valence-electron chi connectivity index (χ3n) is 2.06. The molecule has 0 radical (unpaired) electrons. The summed E-state index contributed by atoms with van der Waals surface area (Å²) >= 11 is 1.14. The van der Waals surface area contributed by atoms with Gasteiger partial charge in [0.1, 0.15) is 11.6 Å². The standard InChI is InChI=1S/C11H9FN2O3S/c1-16-10(15)7-4-6(2-3-8(7)12)17-9-5-14-11(13)18-9/h2-5H,1H3,(H2,13,14). The van der Waals surface area contributed by atoms with Gasteiger partial charge in [0.05, 0.1) is 18.9 Å². The van der Waals surface area contributed by atoms with Crippen LogP contribution in [-0.4, -0.2) is 18.1 Å². The number of methoxy groups -OCH3 is 1. The highest BCUT2D eigenvalue weighted by molar-refractivity contribution is 7.17. The summed E-state index contributed by atoms with van der Waals surface area (Å²) in [5, 5.41) is 0.815. The molecule has 2 aromatic rings. The molecule has 0 spiro atoms. The lowest BCUT2D eigenvalue weighted by Crippen LogP contribution is -2.04. The van der Waals surface area contributed by atoms with Crippen LogP contribution in [0.2, 0.25) is 0 Å². The van der Waals surface area contributed by atoms with E-state index < -0.39 is 11.8 Å². The van der Waals surface area contributed by atoms with Crippen LogP contribution in [-0.2, 0) is 4.74 Å². The van der Waals surface area contributed by atoms with Crippen molar-refractivity contribution in [1.82, 2.24) is 4.98 Å². The molecule has 2 rings (SSSR count). The van der Waals surface area contributed by atoms with Crippen LogP contribution in [0.4, 0.5) is 9.52 Å². The lowest BCUT2D eigenvalue weighted by Gasteiger charge is -2.05. The molecule has 0 unspecified atom stereocenters. The molecule has 1 aromatic heterocycles. The van der Waals surface area contributed by atoms with Crippen LogP contribution in [0.15, 0.2) is 24.4 Å². The highest BCUT2D eigenvalue weighted by Gasteiger charge is 2.14. The molecule has 0 bridgehead atoms. The number of halogens is 1. The van der Waals surface area contributed by atoms with Gasteiger partial charge in [-0.15, -0.1) is 0 Å². The summed E-state index contributed by atoms with van der Waals surface area (Å²) in [5.41, 5.74) is 5.26. The average Bonchev–Trinajstić information content (AvgIpc) is 2.76. The Balaban J connectivity index is 2.27. The van der Waals surface area contributed by atoms with Crippen molar-refractivity contribution in [3.63, 3.8) is 0 Å². The maximum absolute atomic E-state index is 13.4. The van der Waals surface area contributed by atoms with Gasteiger partial charge in [-0.25, -0.2) is 14.2 Å². The van der Waals surface area contributed by atoms with Crippen molar-refractivity contribution in [2.75, 3.05) is 12.8 Å². The number of nitrogens with zero attached hydrogens (tertiary/aromatic N) is 1. The van der Waals surface area contributed by atoms with Gasteiger partial charge in [-0.3, -0.25) is 0 Å². The molecule has 0 aliphatic rings. The molecule has 0 atom stereocenters. The SMILES string of the molecule is COC(=O)c1cc(Oc2cnc(N)s2)ccc1F. The van der Waals surface area contributed by atoms with Gasteiger partial charge >= 0.3 is 5.97 Å². The van der Waals surface area contributed by atoms with E-state index in [4.69, 9.17) is 10.5 Å². The quantitative estimate of drug-likeness (QED) is 0.865. The Bertz CT molecular complexity index is 585. The number of carbonyl (C=O) groups excluding carboxylic acids is 1. The summed E-state index contributed by atoms with van der Waals surface area (Å²) in [4.78, 5) is 15.1. The summed E-state index contributed by atoms with van der Waals surface area (Å²) in [7, 11) is 1.18. The normalized spacial score (nSPS) is 10.1. The van der Waals surface area contributed by atoms with Gasteiger partial charge in [0.2, 0.25) is 5.06 Å². The first-order valence-corrected chi connectivity index (χ1v) is 5.69. The lowest BCUT2D eigenvalue weighted by molar-refractivity contribution is 0.0595. The second-order valence-electron chi connectivity index (χ2n) is 3.25. The van der Waals surface area contributed by atoms with Crippen LogP contribution in [0.1, 0.15) is 10.4 Å². The van der Waals surface area contributed by atoms with E-state index in [2.05, 4.69) is 9.72 Å². The molecule has 0 aliphatic heterocycles. The molecular formula is C11H9FN2O3S. The number of hydrogen-bond acceptors (Lipinski definition) is 6. The summed E-state index contributed by atoms with van der Waals surface area (Å²) < 4.78 is 23.2. The first-order valence-electron chi connectivity index (χ1n) is 4.87. The molecule has 94 valence electrons. The van der Waals surface area contributed by atoms with Gasteiger partial charge in [0, 0.05) is 0 Å². The molecule has 0 fully saturated rings. The zero-order valence-electron chi connectivity index (χ0n) is 9.34. The van der Waals surface area contributed by atoms with Crippen molar-refractivity contribution >= 4 is 22.4 Å². The molecular weight excluding hydrogens is 259 g/mol. The fourth-order valence-corrected chi connectivity index (χ4v) is 1.82. The first-order chi connectivity index (χ1) is 8.60. The summed E-state index contributed by atoms with van der Waals surface area (Å²) in [6.07, 6.45) is 1.45. The molecule has 0 saturated heterocycles. The Kier molecular flexibility index (Phi) is 3.42. The number of ether oxygens (including phenoxy) is 2. The Morgan fingerprint density at radius 1 is 1.50 bits per heavy atom. The van der Waals surface area contributed by atoms with E-state index in [9.17, 15) is 9.18 Å². The van der Waals surface area contributed by atoms with E-state index in [1.54, 1.807) is 0 Å². The molecule has 2 N–H and O–H groups in total. The fourth-order valence-electron chi connectivity index (χ4n) is 1.27. The van der Waals surface area contributed by atoms with Crippen LogP contribution >= 0.6 is 11.3 Å². The second kappa shape index (κ2) is 5.01. The predicted molar refractivity (Wildman–Crippen MR) is 64.3 cm³/mol. The number of nitrogen functional groups attached to an aromatic ring is 1. The lowest BCUT2D eigenvalue weighted by atomic mass is 10.2. The van der Waals surface area contributed by atoms with Crippen LogP contribution in [0.5, 0.6) is 10.8 Å². The highest BCUT2D eigenvalue weighted by Crippen LogP contribution is 2.29. The van der Waals surface area contributed by atoms with E-state index >= 15 is 0 Å². The minimum absolute atomic E-state index is 0.188. The fraction of sp³-hybridized carbons (Fsp3) is 0.0909. The number of nitrogens with two attached hydrogens (primary N) is 1. The van der Waals surface area contributed by atoms with Gasteiger partial charge in [-0.1, -0.05) is 11.3 Å². The van der Waals surface area contributed by atoms with Crippen molar-refractivity contribution in [2.24, 2.45) is 0 Å². The summed E-state index contributed by atoms with van der Waals surface area (Å²) in [6, 6.07) is 3.79. The third kappa shape index (κ3) is 2.57. The molecule has 0 aliphatic carbocycles. The largest absolute Gasteiger partial charge is 0.465 e. The zero-order valence-corrected chi connectivity index (χ0v) is 10.2. The number of esters is 1. The number of aromatic nitrogens is 1.